The van der Waals surface area contributed by atoms with E-state index in [4.69, 9.17) is 0 Å². The number of likely N-dealkylation sites (N-methyl/N-ethyl adjacent to an activating group) is 1. The maximum Gasteiger partial charge on any atom is 0.243 e. The molecular weight excluding hydrogens is 264 g/mol. The summed E-state index contributed by atoms with van der Waals surface area (Å²) in [5.41, 5.74) is 0. The molecule has 2 N–H and O–H groups in total. The van der Waals surface area contributed by atoms with Gasteiger partial charge in [0, 0.05) is 26.7 Å². The van der Waals surface area contributed by atoms with Crippen LogP contribution in [0.4, 0.5) is 0 Å². The second-order valence-electron chi connectivity index (χ2n) is 6.05. The van der Waals surface area contributed by atoms with Crippen molar-refractivity contribution < 1.29 is 4.79 Å². The average Bonchev–Trinajstić information content (AvgIpc) is 2.43. The number of amides is 1. The Balaban J connectivity index is 4.46. The van der Waals surface area contributed by atoms with Crippen LogP contribution >= 0.6 is 0 Å². The maximum atomic E-state index is 11.6. The molecule has 124 valence electrons. The van der Waals surface area contributed by atoms with E-state index < -0.39 is 0 Å². The van der Waals surface area contributed by atoms with Crippen LogP contribution in [0.5, 0.6) is 0 Å². The standard InChI is InChI=1S/C16H34N4O/c1-7-9-10-14(8-2)11-17-16(19-13(3)4)18-12-15(21)20(5)6/h13-14H,7-12H2,1-6H3,(H2,17,18,19). The molecule has 0 heterocycles. The number of hydrogen-bond acceptors (Lipinski definition) is 2. The van der Waals surface area contributed by atoms with Gasteiger partial charge in [0.25, 0.3) is 0 Å². The van der Waals surface area contributed by atoms with E-state index in [2.05, 4.69) is 43.3 Å². The lowest BCUT2D eigenvalue weighted by Gasteiger charge is -2.20. The van der Waals surface area contributed by atoms with Crippen molar-refractivity contribution in [3.8, 4) is 0 Å². The van der Waals surface area contributed by atoms with Crippen molar-refractivity contribution in [1.82, 2.24) is 15.5 Å². The molecule has 0 aromatic rings. The van der Waals surface area contributed by atoms with Gasteiger partial charge in [-0.1, -0.05) is 33.1 Å². The molecule has 0 radical (unpaired) electrons. The molecule has 0 saturated carbocycles. The zero-order chi connectivity index (χ0) is 16.3. The fraction of sp³-hybridized carbons (Fsp3) is 0.875. The van der Waals surface area contributed by atoms with E-state index in [9.17, 15) is 4.79 Å². The Morgan fingerprint density at radius 2 is 1.90 bits per heavy atom. The van der Waals surface area contributed by atoms with Crippen LogP contribution in [0.1, 0.15) is 53.4 Å². The summed E-state index contributed by atoms with van der Waals surface area (Å²) >= 11 is 0. The lowest BCUT2D eigenvalue weighted by atomic mass is 9.99. The van der Waals surface area contributed by atoms with E-state index in [0.29, 0.717) is 12.0 Å². The Labute approximate surface area is 130 Å². The minimum absolute atomic E-state index is 0.0119. The summed E-state index contributed by atoms with van der Waals surface area (Å²) in [7, 11) is 3.50. The molecule has 0 aliphatic rings. The largest absolute Gasteiger partial charge is 0.356 e. The third-order valence-corrected chi connectivity index (χ3v) is 3.40. The summed E-state index contributed by atoms with van der Waals surface area (Å²) in [5.74, 6) is 1.40. The number of carbonyl (C=O) groups excluding carboxylic acids is 1. The Morgan fingerprint density at radius 3 is 2.38 bits per heavy atom. The molecule has 0 aliphatic heterocycles. The Hall–Kier alpha value is -1.26. The Morgan fingerprint density at radius 1 is 1.24 bits per heavy atom. The maximum absolute atomic E-state index is 11.6. The van der Waals surface area contributed by atoms with Crippen molar-refractivity contribution >= 4 is 11.9 Å². The van der Waals surface area contributed by atoms with Crippen LogP contribution in [-0.4, -0.2) is 50.0 Å². The number of carbonyl (C=O) groups is 1. The number of hydrogen-bond donors (Lipinski definition) is 2. The molecule has 0 bridgehead atoms. The average molecular weight is 298 g/mol. The van der Waals surface area contributed by atoms with Crippen molar-refractivity contribution in [2.24, 2.45) is 10.9 Å². The lowest BCUT2D eigenvalue weighted by Crippen LogP contribution is -2.43. The molecule has 5 nitrogen and oxygen atoms in total. The number of rotatable bonds is 9. The predicted octanol–water partition coefficient (Wildman–Crippen LogP) is 2.23. The monoisotopic (exact) mass is 298 g/mol. The molecule has 0 aliphatic carbocycles. The molecule has 21 heavy (non-hydrogen) atoms. The van der Waals surface area contributed by atoms with Crippen molar-refractivity contribution in [2.45, 2.75) is 59.4 Å². The molecule has 0 fully saturated rings. The van der Waals surface area contributed by atoms with E-state index in [0.717, 1.165) is 12.5 Å². The van der Waals surface area contributed by atoms with Gasteiger partial charge in [0.2, 0.25) is 5.91 Å². The first-order valence-corrected chi connectivity index (χ1v) is 8.15. The topological polar surface area (TPSA) is 56.7 Å². The SMILES string of the molecule is CCCCC(CC)CNC(=NCC(=O)N(C)C)NC(C)C. The second-order valence-corrected chi connectivity index (χ2v) is 6.05. The summed E-state index contributed by atoms with van der Waals surface area (Å²) in [6.45, 7) is 9.68. The van der Waals surface area contributed by atoms with Crippen LogP contribution in [0.3, 0.4) is 0 Å². The highest BCUT2D eigenvalue weighted by Gasteiger charge is 2.09. The Kier molecular flexibility index (Phi) is 10.7. The van der Waals surface area contributed by atoms with E-state index in [1.165, 1.54) is 25.7 Å². The first kappa shape index (κ1) is 19.7. The van der Waals surface area contributed by atoms with Crippen molar-refractivity contribution in [3.05, 3.63) is 0 Å². The number of guanidine groups is 1. The fourth-order valence-corrected chi connectivity index (χ4v) is 1.90. The minimum atomic E-state index is 0.0119. The van der Waals surface area contributed by atoms with Gasteiger partial charge in [0.15, 0.2) is 5.96 Å². The summed E-state index contributed by atoms with van der Waals surface area (Å²) in [4.78, 5) is 17.6. The fourth-order valence-electron chi connectivity index (χ4n) is 1.90. The third kappa shape index (κ3) is 10.2. The van der Waals surface area contributed by atoms with Crippen LogP contribution in [0.25, 0.3) is 0 Å². The smallest absolute Gasteiger partial charge is 0.243 e. The van der Waals surface area contributed by atoms with Crippen LogP contribution < -0.4 is 10.6 Å². The summed E-state index contributed by atoms with van der Waals surface area (Å²) < 4.78 is 0. The van der Waals surface area contributed by atoms with E-state index >= 15 is 0 Å². The minimum Gasteiger partial charge on any atom is -0.356 e. The summed E-state index contributed by atoms with van der Waals surface area (Å²) in [5, 5.41) is 6.65. The molecule has 0 spiro atoms. The zero-order valence-corrected chi connectivity index (χ0v) is 14.7. The van der Waals surface area contributed by atoms with Gasteiger partial charge in [-0.3, -0.25) is 4.79 Å². The van der Waals surface area contributed by atoms with E-state index in [-0.39, 0.29) is 12.5 Å². The predicted molar refractivity (Wildman–Crippen MR) is 90.6 cm³/mol. The van der Waals surface area contributed by atoms with Gasteiger partial charge in [-0.2, -0.15) is 0 Å². The number of aliphatic imine (C=N–C) groups is 1. The van der Waals surface area contributed by atoms with Gasteiger partial charge in [-0.25, -0.2) is 4.99 Å². The van der Waals surface area contributed by atoms with Crippen LogP contribution in [0.2, 0.25) is 0 Å². The molecule has 0 saturated heterocycles. The highest BCUT2D eigenvalue weighted by molar-refractivity contribution is 5.84. The number of nitrogens with one attached hydrogen (secondary N) is 2. The quantitative estimate of drug-likeness (QED) is 0.507. The molecular formula is C16H34N4O. The molecule has 0 aromatic carbocycles. The van der Waals surface area contributed by atoms with Crippen LogP contribution in [0.15, 0.2) is 4.99 Å². The normalized spacial score (nSPS) is 13.2. The third-order valence-electron chi connectivity index (χ3n) is 3.40. The first-order valence-electron chi connectivity index (χ1n) is 8.15. The zero-order valence-electron chi connectivity index (χ0n) is 14.7. The van der Waals surface area contributed by atoms with Crippen LogP contribution in [0, 0.1) is 5.92 Å². The van der Waals surface area contributed by atoms with Crippen molar-refractivity contribution in [1.29, 1.82) is 0 Å². The molecule has 0 rings (SSSR count). The van der Waals surface area contributed by atoms with Crippen molar-refractivity contribution in [2.75, 3.05) is 27.2 Å². The number of nitrogens with zero attached hydrogens (tertiary/aromatic N) is 2. The van der Waals surface area contributed by atoms with Gasteiger partial charge in [-0.15, -0.1) is 0 Å². The van der Waals surface area contributed by atoms with Gasteiger partial charge in [0.05, 0.1) is 0 Å². The van der Waals surface area contributed by atoms with Crippen LogP contribution in [-0.2, 0) is 4.79 Å². The summed E-state index contributed by atoms with van der Waals surface area (Å²) in [6.07, 6.45) is 4.91. The lowest BCUT2D eigenvalue weighted by molar-refractivity contribution is -0.127. The molecule has 5 heteroatoms. The van der Waals surface area contributed by atoms with Gasteiger partial charge in [0.1, 0.15) is 6.54 Å². The second kappa shape index (κ2) is 11.4. The van der Waals surface area contributed by atoms with Crippen molar-refractivity contribution in [3.63, 3.8) is 0 Å². The molecule has 1 atom stereocenters. The van der Waals surface area contributed by atoms with Gasteiger partial charge < -0.3 is 15.5 Å². The number of unbranched alkanes of at least 4 members (excludes halogenated alkanes) is 1. The first-order chi connectivity index (χ1) is 9.90. The molecule has 1 unspecified atom stereocenters. The highest BCUT2D eigenvalue weighted by atomic mass is 16.2. The van der Waals surface area contributed by atoms with Gasteiger partial charge >= 0.3 is 0 Å². The highest BCUT2D eigenvalue weighted by Crippen LogP contribution is 2.11. The van der Waals surface area contributed by atoms with E-state index in [1.54, 1.807) is 19.0 Å². The summed E-state index contributed by atoms with van der Waals surface area (Å²) in [6, 6.07) is 0.293. The molecule has 0 aromatic heterocycles. The Bertz CT molecular complexity index is 313. The van der Waals surface area contributed by atoms with E-state index in [1.807, 2.05) is 0 Å². The molecule has 1 amide bonds. The van der Waals surface area contributed by atoms with Gasteiger partial charge in [-0.05, 0) is 26.2 Å².